The average molecular weight is 304 g/mol. The lowest BCUT2D eigenvalue weighted by molar-refractivity contribution is 0.282. The number of benzene rings is 2. The Morgan fingerprint density at radius 2 is 1.72 bits per heavy atom. The van der Waals surface area contributed by atoms with Crippen LogP contribution in [0, 0.1) is 0 Å². The summed E-state index contributed by atoms with van der Waals surface area (Å²) >= 11 is 3.59. The molecule has 18 heavy (non-hydrogen) atoms. The molecule has 0 spiro atoms. The van der Waals surface area contributed by atoms with Gasteiger partial charge in [-0.1, -0.05) is 30.3 Å². The Bertz CT molecular complexity index is 557. The van der Waals surface area contributed by atoms with Gasteiger partial charge >= 0.3 is 0 Å². The molecule has 1 N–H and O–H groups in total. The van der Waals surface area contributed by atoms with Gasteiger partial charge in [0.25, 0.3) is 0 Å². The van der Waals surface area contributed by atoms with Gasteiger partial charge < -0.3 is 10.0 Å². The predicted molar refractivity (Wildman–Crippen MR) is 76.4 cm³/mol. The fourth-order valence-corrected chi connectivity index (χ4v) is 3.09. The standard InChI is InChI=1S/C15H14BrNO/c16-14-7-11(10-18)5-6-15(14)17-8-12-3-1-2-4-13(12)9-17/h1-7,18H,8-10H2. The van der Waals surface area contributed by atoms with Crippen LogP contribution in [0.1, 0.15) is 16.7 Å². The van der Waals surface area contributed by atoms with Gasteiger partial charge in [0.15, 0.2) is 0 Å². The Hall–Kier alpha value is -1.32. The Balaban J connectivity index is 1.90. The van der Waals surface area contributed by atoms with E-state index in [1.807, 2.05) is 12.1 Å². The molecule has 0 saturated carbocycles. The van der Waals surface area contributed by atoms with Crippen molar-refractivity contribution in [2.45, 2.75) is 19.7 Å². The molecule has 2 aromatic carbocycles. The molecule has 0 aliphatic carbocycles. The maximum atomic E-state index is 9.13. The van der Waals surface area contributed by atoms with Gasteiger partial charge in [0.1, 0.15) is 0 Å². The van der Waals surface area contributed by atoms with E-state index in [2.05, 4.69) is 51.2 Å². The zero-order chi connectivity index (χ0) is 12.5. The summed E-state index contributed by atoms with van der Waals surface area (Å²) in [6.45, 7) is 1.99. The van der Waals surface area contributed by atoms with Crippen LogP contribution in [0.15, 0.2) is 46.9 Å². The monoisotopic (exact) mass is 303 g/mol. The van der Waals surface area contributed by atoms with Crippen molar-refractivity contribution in [1.29, 1.82) is 0 Å². The molecule has 0 atom stereocenters. The second-order valence-corrected chi connectivity index (χ2v) is 5.42. The van der Waals surface area contributed by atoms with E-state index in [4.69, 9.17) is 5.11 Å². The highest BCUT2D eigenvalue weighted by molar-refractivity contribution is 9.10. The molecule has 0 radical (unpaired) electrons. The summed E-state index contributed by atoms with van der Waals surface area (Å²) in [7, 11) is 0. The van der Waals surface area contributed by atoms with Crippen molar-refractivity contribution < 1.29 is 5.11 Å². The van der Waals surface area contributed by atoms with Crippen molar-refractivity contribution in [3.63, 3.8) is 0 Å². The minimum absolute atomic E-state index is 0.0824. The summed E-state index contributed by atoms with van der Waals surface area (Å²) in [5.41, 5.74) is 4.91. The van der Waals surface area contributed by atoms with Crippen LogP contribution in [0.3, 0.4) is 0 Å². The fourth-order valence-electron chi connectivity index (χ4n) is 2.41. The van der Waals surface area contributed by atoms with Crippen molar-refractivity contribution in [3.8, 4) is 0 Å². The second-order valence-electron chi connectivity index (χ2n) is 4.57. The first-order valence-corrected chi connectivity index (χ1v) is 6.78. The average Bonchev–Trinajstić information content (AvgIpc) is 2.81. The molecule has 3 heteroatoms. The number of hydrogen-bond acceptors (Lipinski definition) is 2. The maximum absolute atomic E-state index is 9.13. The summed E-state index contributed by atoms with van der Waals surface area (Å²) in [6, 6.07) is 14.6. The van der Waals surface area contributed by atoms with Crippen molar-refractivity contribution in [1.82, 2.24) is 0 Å². The summed E-state index contributed by atoms with van der Waals surface area (Å²) in [5, 5.41) is 9.13. The zero-order valence-corrected chi connectivity index (χ0v) is 11.5. The van der Waals surface area contributed by atoms with Crippen LogP contribution in [0.2, 0.25) is 0 Å². The van der Waals surface area contributed by atoms with Gasteiger partial charge in [-0.15, -0.1) is 0 Å². The zero-order valence-electron chi connectivity index (χ0n) is 9.94. The summed E-state index contributed by atoms with van der Waals surface area (Å²) in [5.74, 6) is 0. The highest BCUT2D eigenvalue weighted by Crippen LogP contribution is 2.33. The van der Waals surface area contributed by atoms with E-state index < -0.39 is 0 Å². The lowest BCUT2D eigenvalue weighted by atomic mass is 10.1. The number of aliphatic hydroxyl groups excluding tert-OH is 1. The van der Waals surface area contributed by atoms with Gasteiger partial charge in [-0.3, -0.25) is 0 Å². The topological polar surface area (TPSA) is 23.5 Å². The van der Waals surface area contributed by atoms with Crippen LogP contribution in [0.5, 0.6) is 0 Å². The molecule has 0 bridgehead atoms. The van der Waals surface area contributed by atoms with Crippen molar-refractivity contribution in [2.75, 3.05) is 4.90 Å². The second kappa shape index (κ2) is 4.75. The molecule has 0 fully saturated rings. The minimum Gasteiger partial charge on any atom is -0.392 e. The minimum atomic E-state index is 0.0824. The van der Waals surface area contributed by atoms with Gasteiger partial charge in [0.2, 0.25) is 0 Å². The van der Waals surface area contributed by atoms with E-state index >= 15 is 0 Å². The highest BCUT2D eigenvalue weighted by atomic mass is 79.9. The normalized spacial score (nSPS) is 13.8. The third-order valence-electron chi connectivity index (χ3n) is 3.38. The lowest BCUT2D eigenvalue weighted by Gasteiger charge is -2.19. The highest BCUT2D eigenvalue weighted by Gasteiger charge is 2.20. The Morgan fingerprint density at radius 3 is 2.28 bits per heavy atom. The first-order chi connectivity index (χ1) is 8.78. The molecular formula is C15H14BrNO. The molecule has 2 aromatic rings. The number of fused-ring (bicyclic) bond motifs is 1. The first-order valence-electron chi connectivity index (χ1n) is 5.99. The third kappa shape index (κ3) is 2.04. The van der Waals surface area contributed by atoms with Gasteiger partial charge in [0, 0.05) is 17.6 Å². The summed E-state index contributed by atoms with van der Waals surface area (Å²) in [6.07, 6.45) is 0. The molecule has 1 heterocycles. The molecule has 2 nitrogen and oxygen atoms in total. The van der Waals surface area contributed by atoms with Crippen LogP contribution in [-0.4, -0.2) is 5.11 Å². The van der Waals surface area contributed by atoms with E-state index in [1.54, 1.807) is 0 Å². The number of rotatable bonds is 2. The van der Waals surface area contributed by atoms with Gasteiger partial charge in [-0.25, -0.2) is 0 Å². The van der Waals surface area contributed by atoms with E-state index in [1.165, 1.54) is 16.8 Å². The number of halogens is 1. The Labute approximate surface area is 115 Å². The quantitative estimate of drug-likeness (QED) is 0.918. The largest absolute Gasteiger partial charge is 0.392 e. The first kappa shape index (κ1) is 11.8. The molecule has 1 aliphatic heterocycles. The van der Waals surface area contributed by atoms with E-state index in [-0.39, 0.29) is 6.61 Å². The molecule has 0 aromatic heterocycles. The van der Waals surface area contributed by atoms with Crippen LogP contribution in [-0.2, 0) is 19.7 Å². The number of nitrogens with zero attached hydrogens (tertiary/aromatic N) is 1. The van der Waals surface area contributed by atoms with Gasteiger partial charge in [-0.2, -0.15) is 0 Å². The summed E-state index contributed by atoms with van der Waals surface area (Å²) < 4.78 is 1.04. The van der Waals surface area contributed by atoms with E-state index in [9.17, 15) is 0 Å². The van der Waals surface area contributed by atoms with Crippen molar-refractivity contribution >= 4 is 21.6 Å². The SMILES string of the molecule is OCc1ccc(N2Cc3ccccc3C2)c(Br)c1. The number of hydrogen-bond donors (Lipinski definition) is 1. The molecule has 3 rings (SSSR count). The van der Waals surface area contributed by atoms with Crippen molar-refractivity contribution in [2.24, 2.45) is 0 Å². The van der Waals surface area contributed by atoms with Crippen molar-refractivity contribution in [3.05, 3.63) is 63.6 Å². The number of anilines is 1. The Morgan fingerprint density at radius 1 is 1.06 bits per heavy atom. The fraction of sp³-hybridized carbons (Fsp3) is 0.200. The smallest absolute Gasteiger partial charge is 0.0682 e. The molecule has 0 amide bonds. The molecule has 0 saturated heterocycles. The van der Waals surface area contributed by atoms with Crippen LogP contribution >= 0.6 is 15.9 Å². The van der Waals surface area contributed by atoms with Crippen LogP contribution < -0.4 is 4.90 Å². The Kier molecular flexibility index (Phi) is 3.10. The third-order valence-corrected chi connectivity index (χ3v) is 4.01. The van der Waals surface area contributed by atoms with Gasteiger partial charge in [0.05, 0.1) is 12.3 Å². The maximum Gasteiger partial charge on any atom is 0.0682 e. The van der Waals surface area contributed by atoms with Crippen LogP contribution in [0.4, 0.5) is 5.69 Å². The van der Waals surface area contributed by atoms with E-state index in [0.29, 0.717) is 0 Å². The molecule has 1 aliphatic rings. The van der Waals surface area contributed by atoms with E-state index in [0.717, 1.165) is 23.1 Å². The van der Waals surface area contributed by atoms with Gasteiger partial charge in [-0.05, 0) is 44.8 Å². The predicted octanol–water partition coefficient (Wildman–Crippen LogP) is 3.46. The molecular weight excluding hydrogens is 290 g/mol. The lowest BCUT2D eigenvalue weighted by Crippen LogP contribution is -2.15. The molecule has 0 unspecified atom stereocenters. The summed E-state index contributed by atoms with van der Waals surface area (Å²) in [4.78, 5) is 2.34. The number of aliphatic hydroxyl groups is 1. The molecule has 92 valence electrons. The van der Waals surface area contributed by atoms with Crippen LogP contribution in [0.25, 0.3) is 0 Å².